The van der Waals surface area contributed by atoms with Crippen LogP contribution < -0.4 is 5.32 Å². The van der Waals surface area contributed by atoms with Gasteiger partial charge in [0.1, 0.15) is 5.75 Å². The maximum atomic E-state index is 11.6. The summed E-state index contributed by atoms with van der Waals surface area (Å²) in [5, 5.41) is 16.0. The molecule has 0 unspecified atom stereocenters. The topological polar surface area (TPSA) is 32.3 Å². The quantitative estimate of drug-likeness (QED) is 0.296. The van der Waals surface area contributed by atoms with E-state index in [9.17, 15) is 5.11 Å². The Morgan fingerprint density at radius 3 is 1.95 bits per heavy atom. The Balaban J connectivity index is 1.78. The summed E-state index contributed by atoms with van der Waals surface area (Å²) in [6.45, 7) is 20.3. The normalized spacial score (nSPS) is 15.3. The predicted molar refractivity (Wildman–Crippen MR) is 178 cm³/mol. The molecule has 1 aliphatic rings. The van der Waals surface area contributed by atoms with E-state index >= 15 is 0 Å². The highest BCUT2D eigenvalue weighted by atomic mass is 32.2. The van der Waals surface area contributed by atoms with Crippen LogP contribution in [-0.2, 0) is 22.0 Å². The van der Waals surface area contributed by atoms with Crippen LogP contribution in [0.2, 0.25) is 0 Å². The van der Waals surface area contributed by atoms with E-state index in [4.69, 9.17) is 0 Å². The molecule has 40 heavy (non-hydrogen) atoms. The second kappa shape index (κ2) is 11.8. The Morgan fingerprint density at radius 1 is 0.700 bits per heavy atom. The molecule has 1 saturated carbocycles. The lowest BCUT2D eigenvalue weighted by atomic mass is 9.83. The van der Waals surface area contributed by atoms with E-state index in [1.54, 1.807) is 0 Å². The van der Waals surface area contributed by atoms with Crippen LogP contribution in [0.25, 0.3) is 11.1 Å². The molecule has 3 aromatic carbocycles. The molecule has 0 radical (unpaired) electrons. The van der Waals surface area contributed by atoms with Gasteiger partial charge < -0.3 is 10.4 Å². The van der Waals surface area contributed by atoms with Crippen LogP contribution in [0, 0.1) is 0 Å². The van der Waals surface area contributed by atoms with Gasteiger partial charge in [0.15, 0.2) is 0 Å². The van der Waals surface area contributed by atoms with Crippen LogP contribution in [0.15, 0.2) is 54.6 Å². The molecule has 0 atom stereocenters. The van der Waals surface area contributed by atoms with Crippen LogP contribution in [0.5, 0.6) is 5.75 Å². The maximum Gasteiger partial charge on any atom is 0.143 e. The van der Waals surface area contributed by atoms with Gasteiger partial charge in [-0.05, 0) is 69.5 Å². The summed E-state index contributed by atoms with van der Waals surface area (Å²) in [4.78, 5) is 0. The number of thioether (sulfide) groups is 1. The highest BCUT2D eigenvalue weighted by Crippen LogP contribution is 2.42. The van der Waals surface area contributed by atoms with Gasteiger partial charge in [-0.1, -0.05) is 118 Å². The van der Waals surface area contributed by atoms with Gasteiger partial charge in [0.2, 0.25) is 0 Å². The number of aromatic hydroxyl groups is 1. The average Bonchev–Trinajstić information content (AvgIpc) is 2.88. The lowest BCUT2D eigenvalue weighted by molar-refractivity contribution is 0.471. The van der Waals surface area contributed by atoms with Crippen molar-refractivity contribution < 1.29 is 5.11 Å². The van der Waals surface area contributed by atoms with Crippen molar-refractivity contribution in [2.75, 3.05) is 5.32 Å². The number of benzene rings is 3. The second-order valence-electron chi connectivity index (χ2n) is 14.8. The van der Waals surface area contributed by atoms with Gasteiger partial charge in [-0.15, -0.1) is 0 Å². The highest BCUT2D eigenvalue weighted by Gasteiger charge is 2.23. The van der Waals surface area contributed by atoms with Crippen LogP contribution in [0.4, 0.5) is 11.4 Å². The first-order valence-electron chi connectivity index (χ1n) is 15.1. The molecular weight excluding hydrogens is 506 g/mol. The molecule has 0 amide bonds. The first kappa shape index (κ1) is 30.6. The van der Waals surface area contributed by atoms with Crippen molar-refractivity contribution >= 4 is 23.1 Å². The Bertz CT molecular complexity index is 1310. The third-order valence-corrected chi connectivity index (χ3v) is 9.70. The maximum absolute atomic E-state index is 11.6. The van der Waals surface area contributed by atoms with E-state index in [-0.39, 0.29) is 16.2 Å². The summed E-state index contributed by atoms with van der Waals surface area (Å²) in [5.41, 5.74) is 9.15. The predicted octanol–water partition coefficient (Wildman–Crippen LogP) is 11.3. The fourth-order valence-electron chi connectivity index (χ4n) is 5.43. The Kier molecular flexibility index (Phi) is 9.05. The molecule has 3 aromatic rings. The second-order valence-corrected chi connectivity index (χ2v) is 16.1. The van der Waals surface area contributed by atoms with E-state index in [1.807, 2.05) is 11.8 Å². The minimum absolute atomic E-state index is 0.0195. The summed E-state index contributed by atoms with van der Waals surface area (Å²) in [6, 6.07) is 20.0. The first-order valence-corrected chi connectivity index (χ1v) is 16.2. The van der Waals surface area contributed by atoms with Crippen molar-refractivity contribution in [1.29, 1.82) is 0 Å². The summed E-state index contributed by atoms with van der Waals surface area (Å²) >= 11 is 2.02. The third-order valence-electron chi connectivity index (χ3n) is 8.28. The monoisotopic (exact) mass is 557 g/mol. The van der Waals surface area contributed by atoms with Gasteiger partial charge in [-0.3, -0.25) is 0 Å². The van der Waals surface area contributed by atoms with Gasteiger partial charge in [-0.25, -0.2) is 0 Å². The van der Waals surface area contributed by atoms with E-state index in [0.717, 1.165) is 28.3 Å². The summed E-state index contributed by atoms with van der Waals surface area (Å²) in [5.74, 6) is 1.23. The third kappa shape index (κ3) is 7.46. The molecule has 0 aromatic heterocycles. The molecule has 1 fully saturated rings. The zero-order valence-corrected chi connectivity index (χ0v) is 27.2. The minimum atomic E-state index is -0.0195. The number of phenols is 1. The first-order chi connectivity index (χ1) is 18.6. The number of nitrogens with one attached hydrogen (secondary N) is 1. The highest BCUT2D eigenvalue weighted by molar-refractivity contribution is 7.99. The number of phenolic OH excluding ortho intramolecular Hbond substituents is 1. The van der Waals surface area contributed by atoms with E-state index < -0.39 is 0 Å². The molecular formula is C37H51NOS. The largest absolute Gasteiger partial charge is 0.505 e. The van der Waals surface area contributed by atoms with Gasteiger partial charge in [-0.2, -0.15) is 11.8 Å². The molecule has 216 valence electrons. The lowest BCUT2D eigenvalue weighted by Gasteiger charge is -2.26. The van der Waals surface area contributed by atoms with Crippen molar-refractivity contribution in [1.82, 2.24) is 0 Å². The van der Waals surface area contributed by atoms with E-state index in [2.05, 4.69) is 122 Å². The molecule has 0 spiro atoms. The number of rotatable bonds is 6. The van der Waals surface area contributed by atoms with Crippen molar-refractivity contribution in [2.45, 2.75) is 122 Å². The van der Waals surface area contributed by atoms with Gasteiger partial charge in [0.05, 0.1) is 5.69 Å². The zero-order chi connectivity index (χ0) is 29.3. The molecule has 0 heterocycles. The Labute approximate surface area is 248 Å². The molecule has 3 heteroatoms. The van der Waals surface area contributed by atoms with Crippen LogP contribution in [-0.4, -0.2) is 10.4 Å². The molecule has 0 bridgehead atoms. The number of anilines is 2. The Hall–Kier alpha value is -2.39. The van der Waals surface area contributed by atoms with Crippen molar-refractivity contribution in [2.24, 2.45) is 0 Å². The molecule has 1 aliphatic carbocycles. The molecule has 0 aliphatic heterocycles. The van der Waals surface area contributed by atoms with Crippen molar-refractivity contribution in [3.8, 4) is 16.9 Å². The molecule has 2 nitrogen and oxygen atoms in total. The minimum Gasteiger partial charge on any atom is -0.505 e. The molecule has 0 saturated heterocycles. The molecule has 2 N–H and O–H groups in total. The summed E-state index contributed by atoms with van der Waals surface area (Å²) < 4.78 is 0. The van der Waals surface area contributed by atoms with Gasteiger partial charge in [0.25, 0.3) is 0 Å². The van der Waals surface area contributed by atoms with E-state index in [1.165, 1.54) is 54.4 Å². The SMILES string of the molecule is CC(C)(C)c1cccc(-c2cc(C(C)(C)C)ccc2Nc2cc(C(C)(C)C)cc(CSC3CCCCC3)c2O)c1. The standard InChI is InChI=1S/C37H51NOS/c1-35(2,3)27-15-13-14-25(20-27)31-22-28(36(4,5)6)18-19-32(31)38-33-23-29(37(7,8)9)21-26(34(33)39)24-40-30-16-11-10-12-17-30/h13-15,18-23,30,38-39H,10-12,16-17,24H2,1-9H3. The van der Waals surface area contributed by atoms with Crippen LogP contribution in [0.1, 0.15) is 117 Å². The Morgan fingerprint density at radius 2 is 1.32 bits per heavy atom. The summed E-state index contributed by atoms with van der Waals surface area (Å²) in [6.07, 6.45) is 6.63. The van der Waals surface area contributed by atoms with Gasteiger partial charge in [0, 0.05) is 27.8 Å². The lowest BCUT2D eigenvalue weighted by Crippen LogP contribution is -2.13. The fraction of sp³-hybridized carbons (Fsp3) is 0.514. The van der Waals surface area contributed by atoms with Gasteiger partial charge >= 0.3 is 0 Å². The zero-order valence-electron chi connectivity index (χ0n) is 26.4. The molecule has 4 rings (SSSR count). The van der Waals surface area contributed by atoms with Crippen LogP contribution in [0.3, 0.4) is 0 Å². The van der Waals surface area contributed by atoms with Crippen molar-refractivity contribution in [3.05, 3.63) is 76.9 Å². The average molecular weight is 558 g/mol. The number of hydrogen-bond acceptors (Lipinski definition) is 3. The van der Waals surface area contributed by atoms with Crippen LogP contribution >= 0.6 is 11.8 Å². The van der Waals surface area contributed by atoms with Crippen molar-refractivity contribution in [3.63, 3.8) is 0 Å². The number of hydrogen-bond donors (Lipinski definition) is 2. The summed E-state index contributed by atoms with van der Waals surface area (Å²) in [7, 11) is 0. The van der Waals surface area contributed by atoms with E-state index in [0.29, 0.717) is 11.0 Å². The smallest absolute Gasteiger partial charge is 0.143 e. The fourth-order valence-corrected chi connectivity index (χ4v) is 6.73.